The second-order valence-corrected chi connectivity index (χ2v) is 4.60. The lowest BCUT2D eigenvalue weighted by atomic mass is 10.1. The summed E-state index contributed by atoms with van der Waals surface area (Å²) in [6.07, 6.45) is 21.3. The number of unbranched alkanes of at least 4 members (excludes halogenated alkanes) is 7. The second-order valence-electron chi connectivity index (χ2n) is 4.60. The van der Waals surface area contributed by atoms with Crippen molar-refractivity contribution in [3.63, 3.8) is 0 Å². The summed E-state index contributed by atoms with van der Waals surface area (Å²) >= 11 is 0. The minimum absolute atomic E-state index is 0.304. The summed E-state index contributed by atoms with van der Waals surface area (Å²) in [5.41, 5.74) is 0. The van der Waals surface area contributed by atoms with Gasteiger partial charge < -0.3 is 5.11 Å². The third kappa shape index (κ3) is 15.4. The summed E-state index contributed by atoms with van der Waals surface area (Å²) in [6, 6.07) is 0. The molecule has 1 N–H and O–H groups in total. The molecule has 0 fully saturated rings. The van der Waals surface area contributed by atoms with Crippen molar-refractivity contribution in [1.29, 1.82) is 0 Å². The zero-order chi connectivity index (χ0) is 12.6. The summed E-state index contributed by atoms with van der Waals surface area (Å²) in [6.45, 7) is 2.56. The molecule has 0 aromatic heterocycles. The number of hydrogen-bond acceptors (Lipinski definition) is 1. The Kier molecular flexibility index (Phi) is 14.9. The molecule has 0 unspecified atom stereocenters. The number of allylic oxidation sites excluding steroid dienone is 4. The summed E-state index contributed by atoms with van der Waals surface area (Å²) in [5.74, 6) is 0. The van der Waals surface area contributed by atoms with Gasteiger partial charge in [0.15, 0.2) is 0 Å². The van der Waals surface area contributed by atoms with Gasteiger partial charge >= 0.3 is 0 Å². The smallest absolute Gasteiger partial charge is 0.0433 e. The van der Waals surface area contributed by atoms with Gasteiger partial charge in [-0.2, -0.15) is 0 Å². The van der Waals surface area contributed by atoms with Crippen LogP contribution < -0.4 is 0 Å². The lowest BCUT2D eigenvalue weighted by Gasteiger charge is -1.97. The molecule has 0 spiro atoms. The van der Waals surface area contributed by atoms with Gasteiger partial charge in [0.05, 0.1) is 0 Å². The SMILES string of the molecule is CCCCCCCC/C=C\C/C=C\CCCO. The van der Waals surface area contributed by atoms with E-state index >= 15 is 0 Å². The maximum atomic E-state index is 8.60. The Morgan fingerprint density at radius 1 is 0.706 bits per heavy atom. The number of aliphatic hydroxyl groups excluding tert-OH is 1. The Balaban J connectivity index is 3.11. The van der Waals surface area contributed by atoms with Crippen LogP contribution in [-0.4, -0.2) is 11.7 Å². The second kappa shape index (κ2) is 15.4. The van der Waals surface area contributed by atoms with E-state index in [4.69, 9.17) is 5.11 Å². The zero-order valence-corrected chi connectivity index (χ0v) is 11.5. The highest BCUT2D eigenvalue weighted by Crippen LogP contribution is 2.07. The first-order chi connectivity index (χ1) is 8.41. The van der Waals surface area contributed by atoms with Crippen molar-refractivity contribution in [3.8, 4) is 0 Å². The fourth-order valence-corrected chi connectivity index (χ4v) is 1.76. The van der Waals surface area contributed by atoms with Gasteiger partial charge in [-0.15, -0.1) is 0 Å². The monoisotopic (exact) mass is 238 g/mol. The van der Waals surface area contributed by atoms with Crippen LogP contribution in [0.1, 0.15) is 71.1 Å². The summed E-state index contributed by atoms with van der Waals surface area (Å²) < 4.78 is 0. The molecule has 0 saturated heterocycles. The molecule has 0 rings (SSSR count). The predicted molar refractivity (Wildman–Crippen MR) is 77.2 cm³/mol. The van der Waals surface area contributed by atoms with E-state index in [0.717, 1.165) is 19.3 Å². The van der Waals surface area contributed by atoms with Crippen LogP contribution in [0, 0.1) is 0 Å². The van der Waals surface area contributed by atoms with E-state index in [-0.39, 0.29) is 0 Å². The molecule has 100 valence electrons. The first-order valence-corrected chi connectivity index (χ1v) is 7.32. The molecule has 17 heavy (non-hydrogen) atoms. The van der Waals surface area contributed by atoms with Crippen LogP contribution >= 0.6 is 0 Å². The summed E-state index contributed by atoms with van der Waals surface area (Å²) in [7, 11) is 0. The maximum Gasteiger partial charge on any atom is 0.0433 e. The van der Waals surface area contributed by atoms with Crippen LogP contribution in [0.25, 0.3) is 0 Å². The van der Waals surface area contributed by atoms with Crippen LogP contribution in [-0.2, 0) is 0 Å². The number of hydrogen-bond donors (Lipinski definition) is 1. The minimum Gasteiger partial charge on any atom is -0.396 e. The normalized spacial score (nSPS) is 11.9. The Hall–Kier alpha value is -0.560. The Morgan fingerprint density at radius 3 is 1.94 bits per heavy atom. The standard InChI is InChI=1S/C16H30O/c1-2-3-4-5-6-7-8-9-10-11-12-13-14-15-16-17/h9-10,12-13,17H,2-8,11,14-16H2,1H3/b10-9-,13-12-. The Bertz CT molecular complexity index is 182. The molecule has 0 bridgehead atoms. The van der Waals surface area contributed by atoms with Crippen molar-refractivity contribution < 1.29 is 5.11 Å². The van der Waals surface area contributed by atoms with Crippen LogP contribution in [0.2, 0.25) is 0 Å². The molecule has 0 aliphatic carbocycles. The molecule has 1 nitrogen and oxygen atoms in total. The first-order valence-electron chi connectivity index (χ1n) is 7.32. The van der Waals surface area contributed by atoms with Crippen LogP contribution in [0.4, 0.5) is 0 Å². The highest BCUT2D eigenvalue weighted by atomic mass is 16.2. The first kappa shape index (κ1) is 16.4. The topological polar surface area (TPSA) is 20.2 Å². The average molecular weight is 238 g/mol. The van der Waals surface area contributed by atoms with Crippen molar-refractivity contribution in [2.75, 3.05) is 6.61 Å². The van der Waals surface area contributed by atoms with Gasteiger partial charge in [-0.3, -0.25) is 0 Å². The number of rotatable bonds is 12. The van der Waals surface area contributed by atoms with E-state index in [1.54, 1.807) is 0 Å². The van der Waals surface area contributed by atoms with Crippen LogP contribution in [0.3, 0.4) is 0 Å². The van der Waals surface area contributed by atoms with E-state index < -0.39 is 0 Å². The fourth-order valence-electron chi connectivity index (χ4n) is 1.76. The van der Waals surface area contributed by atoms with E-state index in [1.165, 1.54) is 44.9 Å². The van der Waals surface area contributed by atoms with Gasteiger partial charge in [-0.1, -0.05) is 63.3 Å². The third-order valence-electron chi connectivity index (χ3n) is 2.86. The van der Waals surface area contributed by atoms with E-state index in [1.807, 2.05) is 0 Å². The lowest BCUT2D eigenvalue weighted by Crippen LogP contribution is -1.78. The van der Waals surface area contributed by atoms with Gasteiger partial charge in [0.25, 0.3) is 0 Å². The molecular weight excluding hydrogens is 208 g/mol. The molecule has 1 heteroatoms. The molecule has 0 aromatic carbocycles. The minimum atomic E-state index is 0.304. The molecule has 0 amide bonds. The molecule has 0 radical (unpaired) electrons. The highest BCUT2D eigenvalue weighted by Gasteiger charge is 1.87. The van der Waals surface area contributed by atoms with Crippen LogP contribution in [0.5, 0.6) is 0 Å². The highest BCUT2D eigenvalue weighted by molar-refractivity contribution is 4.92. The van der Waals surface area contributed by atoms with Gasteiger partial charge in [0.2, 0.25) is 0 Å². The van der Waals surface area contributed by atoms with Crippen molar-refractivity contribution in [2.24, 2.45) is 0 Å². The average Bonchev–Trinajstić information content (AvgIpc) is 2.35. The molecule has 0 saturated carbocycles. The fraction of sp³-hybridized carbons (Fsp3) is 0.750. The van der Waals surface area contributed by atoms with Crippen molar-refractivity contribution >= 4 is 0 Å². The molecular formula is C16H30O. The van der Waals surface area contributed by atoms with Crippen molar-refractivity contribution in [1.82, 2.24) is 0 Å². The van der Waals surface area contributed by atoms with Gasteiger partial charge in [-0.05, 0) is 32.1 Å². The van der Waals surface area contributed by atoms with Gasteiger partial charge in [0, 0.05) is 6.61 Å². The molecule has 0 aliphatic heterocycles. The molecule has 0 atom stereocenters. The third-order valence-corrected chi connectivity index (χ3v) is 2.86. The maximum absolute atomic E-state index is 8.60. The van der Waals surface area contributed by atoms with Crippen molar-refractivity contribution in [3.05, 3.63) is 24.3 Å². The Labute approximate surface area is 108 Å². The zero-order valence-electron chi connectivity index (χ0n) is 11.5. The summed E-state index contributed by atoms with van der Waals surface area (Å²) in [5, 5.41) is 8.60. The van der Waals surface area contributed by atoms with E-state index in [0.29, 0.717) is 6.61 Å². The van der Waals surface area contributed by atoms with Gasteiger partial charge in [-0.25, -0.2) is 0 Å². The quantitative estimate of drug-likeness (QED) is 0.374. The lowest BCUT2D eigenvalue weighted by molar-refractivity contribution is 0.289. The predicted octanol–water partition coefficient (Wildman–Crippen LogP) is 5.01. The number of aliphatic hydroxyl groups is 1. The Morgan fingerprint density at radius 2 is 1.29 bits per heavy atom. The molecule has 0 aromatic rings. The largest absolute Gasteiger partial charge is 0.396 e. The summed E-state index contributed by atoms with van der Waals surface area (Å²) in [4.78, 5) is 0. The van der Waals surface area contributed by atoms with Crippen molar-refractivity contribution in [2.45, 2.75) is 71.1 Å². The molecule has 0 heterocycles. The van der Waals surface area contributed by atoms with Crippen LogP contribution in [0.15, 0.2) is 24.3 Å². The van der Waals surface area contributed by atoms with Gasteiger partial charge in [0.1, 0.15) is 0 Å². The van der Waals surface area contributed by atoms with E-state index in [9.17, 15) is 0 Å². The van der Waals surface area contributed by atoms with E-state index in [2.05, 4.69) is 31.2 Å². The molecule has 0 aliphatic rings.